The predicted molar refractivity (Wildman–Crippen MR) is 102 cm³/mol. The number of nitrogens with zero attached hydrogens (tertiary/aromatic N) is 2. The Hall–Kier alpha value is -2.23. The Morgan fingerprint density at radius 3 is 2.96 bits per heavy atom. The van der Waals surface area contributed by atoms with Gasteiger partial charge in [0.05, 0.1) is 16.8 Å². The van der Waals surface area contributed by atoms with E-state index in [0.717, 1.165) is 24.2 Å². The molecule has 7 nitrogen and oxygen atoms in total. The SMILES string of the molecule is C[C@](O)(C(=O)NC1CC1)c1ccc(C(=O)CSc2nc3ccncc3o2)s1. The van der Waals surface area contributed by atoms with Crippen LogP contribution in [-0.4, -0.2) is 38.6 Å². The largest absolute Gasteiger partial charge is 0.430 e. The van der Waals surface area contributed by atoms with Gasteiger partial charge >= 0.3 is 0 Å². The number of nitrogens with one attached hydrogen (secondary N) is 1. The second-order valence-electron chi connectivity index (χ2n) is 6.52. The van der Waals surface area contributed by atoms with Gasteiger partial charge in [-0.3, -0.25) is 14.6 Å². The summed E-state index contributed by atoms with van der Waals surface area (Å²) >= 11 is 2.33. The molecule has 1 amide bonds. The highest BCUT2D eigenvalue weighted by Gasteiger charge is 2.37. The maximum Gasteiger partial charge on any atom is 0.257 e. The number of fused-ring (bicyclic) bond motifs is 1. The molecule has 1 aliphatic carbocycles. The molecule has 2 N–H and O–H groups in total. The van der Waals surface area contributed by atoms with Crippen molar-refractivity contribution in [2.75, 3.05) is 5.75 Å². The zero-order chi connectivity index (χ0) is 19.0. The number of hydrogen-bond donors (Lipinski definition) is 2. The highest BCUT2D eigenvalue weighted by Crippen LogP contribution is 2.31. The molecule has 0 bridgehead atoms. The Morgan fingerprint density at radius 1 is 1.41 bits per heavy atom. The fourth-order valence-corrected chi connectivity index (χ4v) is 4.23. The summed E-state index contributed by atoms with van der Waals surface area (Å²) in [5.41, 5.74) is -0.383. The minimum atomic E-state index is -1.65. The summed E-state index contributed by atoms with van der Waals surface area (Å²) in [6, 6.07) is 5.16. The highest BCUT2D eigenvalue weighted by molar-refractivity contribution is 7.99. The van der Waals surface area contributed by atoms with E-state index in [1.807, 2.05) is 0 Å². The Balaban J connectivity index is 1.41. The van der Waals surface area contributed by atoms with Crippen LogP contribution in [0.2, 0.25) is 0 Å². The molecule has 0 spiro atoms. The van der Waals surface area contributed by atoms with Crippen molar-refractivity contribution >= 4 is 45.9 Å². The van der Waals surface area contributed by atoms with E-state index in [1.165, 1.54) is 18.7 Å². The van der Waals surface area contributed by atoms with E-state index in [0.29, 0.717) is 26.1 Å². The summed E-state index contributed by atoms with van der Waals surface area (Å²) in [5.74, 6) is -0.397. The standard InChI is InChI=1S/C18H17N3O4S2/c1-18(24,16(23)20-10-2-3-10)15-5-4-14(27-15)12(22)9-26-17-21-11-6-7-19-8-13(11)25-17/h4-8,10,24H,2-3,9H2,1H3,(H,20,23)/t18-/m1/s1. The van der Waals surface area contributed by atoms with Gasteiger partial charge in [0, 0.05) is 17.1 Å². The summed E-state index contributed by atoms with van der Waals surface area (Å²) in [7, 11) is 0. The molecular weight excluding hydrogens is 386 g/mol. The number of oxazole rings is 1. The molecule has 0 aromatic carbocycles. The smallest absolute Gasteiger partial charge is 0.257 e. The van der Waals surface area contributed by atoms with Crippen molar-refractivity contribution in [3.8, 4) is 0 Å². The number of carbonyl (C=O) groups is 2. The van der Waals surface area contributed by atoms with Crippen LogP contribution in [0.25, 0.3) is 11.1 Å². The Kier molecular flexibility index (Phi) is 4.75. The average Bonchev–Trinajstić information content (AvgIpc) is 3.17. The fourth-order valence-electron chi connectivity index (χ4n) is 2.43. The molecule has 3 aromatic heterocycles. The van der Waals surface area contributed by atoms with E-state index in [-0.39, 0.29) is 17.6 Å². The average molecular weight is 403 g/mol. The molecule has 27 heavy (non-hydrogen) atoms. The Labute approximate surface area is 163 Å². The van der Waals surface area contributed by atoms with Crippen molar-refractivity contribution in [2.45, 2.75) is 36.6 Å². The minimum Gasteiger partial charge on any atom is -0.430 e. The monoisotopic (exact) mass is 403 g/mol. The van der Waals surface area contributed by atoms with Crippen LogP contribution in [0.5, 0.6) is 0 Å². The number of amides is 1. The number of thiophene rings is 1. The van der Waals surface area contributed by atoms with E-state index >= 15 is 0 Å². The zero-order valence-corrected chi connectivity index (χ0v) is 16.1. The molecule has 0 aliphatic heterocycles. The molecule has 0 unspecified atom stereocenters. The van der Waals surface area contributed by atoms with Crippen LogP contribution in [0, 0.1) is 0 Å². The number of rotatable bonds is 7. The highest BCUT2D eigenvalue weighted by atomic mass is 32.2. The second kappa shape index (κ2) is 7.06. The van der Waals surface area contributed by atoms with Gasteiger partial charge in [-0.05, 0) is 38.0 Å². The molecule has 1 saturated carbocycles. The van der Waals surface area contributed by atoms with E-state index in [4.69, 9.17) is 4.42 Å². The zero-order valence-electron chi connectivity index (χ0n) is 14.5. The number of ketones is 1. The van der Waals surface area contributed by atoms with Crippen molar-refractivity contribution in [3.05, 3.63) is 40.3 Å². The van der Waals surface area contributed by atoms with Gasteiger partial charge in [0.15, 0.2) is 17.0 Å². The van der Waals surface area contributed by atoms with Crippen LogP contribution in [-0.2, 0) is 10.4 Å². The summed E-state index contributed by atoms with van der Waals surface area (Å²) in [6.07, 6.45) is 5.09. The molecule has 3 aromatic rings. The molecule has 3 heterocycles. The molecule has 1 fully saturated rings. The Bertz CT molecular complexity index is 974. The second-order valence-corrected chi connectivity index (χ2v) is 8.53. The molecule has 4 rings (SSSR count). The van der Waals surface area contributed by atoms with Gasteiger partial charge in [-0.25, -0.2) is 4.98 Å². The molecule has 1 aliphatic rings. The third kappa shape index (κ3) is 3.90. The van der Waals surface area contributed by atoms with Crippen molar-refractivity contribution in [1.82, 2.24) is 15.3 Å². The van der Waals surface area contributed by atoms with Gasteiger partial charge in [-0.2, -0.15) is 0 Å². The third-order valence-corrected chi connectivity index (χ3v) is 6.38. The lowest BCUT2D eigenvalue weighted by Gasteiger charge is -2.20. The summed E-state index contributed by atoms with van der Waals surface area (Å²) in [4.78, 5) is 33.9. The van der Waals surface area contributed by atoms with Crippen molar-refractivity contribution in [3.63, 3.8) is 0 Å². The van der Waals surface area contributed by atoms with Crippen LogP contribution in [0.15, 0.2) is 40.2 Å². The molecule has 9 heteroatoms. The van der Waals surface area contributed by atoms with Gasteiger partial charge < -0.3 is 14.8 Å². The number of aromatic nitrogens is 2. The molecule has 140 valence electrons. The summed E-state index contributed by atoms with van der Waals surface area (Å²) in [5, 5.41) is 13.8. The molecule has 1 atom stereocenters. The van der Waals surface area contributed by atoms with Crippen LogP contribution < -0.4 is 5.32 Å². The number of aliphatic hydroxyl groups is 1. The topological polar surface area (TPSA) is 105 Å². The van der Waals surface area contributed by atoms with E-state index in [9.17, 15) is 14.7 Å². The molecule has 0 saturated heterocycles. The number of hydrogen-bond acceptors (Lipinski definition) is 8. The maximum absolute atomic E-state index is 12.5. The fraction of sp³-hybridized carbons (Fsp3) is 0.333. The van der Waals surface area contributed by atoms with Crippen LogP contribution in [0.1, 0.15) is 34.3 Å². The van der Waals surface area contributed by atoms with Gasteiger partial charge in [-0.1, -0.05) is 11.8 Å². The first-order valence-electron chi connectivity index (χ1n) is 8.43. The third-order valence-electron chi connectivity index (χ3n) is 4.21. The van der Waals surface area contributed by atoms with Crippen molar-refractivity contribution in [1.29, 1.82) is 0 Å². The van der Waals surface area contributed by atoms with Gasteiger partial charge in [0.2, 0.25) is 0 Å². The lowest BCUT2D eigenvalue weighted by molar-refractivity contribution is -0.138. The normalized spacial score (nSPS) is 16.2. The first kappa shape index (κ1) is 18.1. The summed E-state index contributed by atoms with van der Waals surface area (Å²) in [6.45, 7) is 1.45. The quantitative estimate of drug-likeness (QED) is 0.461. The van der Waals surface area contributed by atoms with E-state index in [2.05, 4.69) is 15.3 Å². The number of carbonyl (C=O) groups excluding carboxylic acids is 2. The van der Waals surface area contributed by atoms with E-state index < -0.39 is 11.5 Å². The lowest BCUT2D eigenvalue weighted by Crippen LogP contribution is -2.42. The number of thioether (sulfide) groups is 1. The first-order valence-corrected chi connectivity index (χ1v) is 10.2. The van der Waals surface area contributed by atoms with Crippen LogP contribution in [0.4, 0.5) is 0 Å². The molecule has 0 radical (unpaired) electrons. The van der Waals surface area contributed by atoms with Crippen molar-refractivity contribution < 1.29 is 19.1 Å². The molecular formula is C18H17N3O4S2. The van der Waals surface area contributed by atoms with Crippen molar-refractivity contribution in [2.24, 2.45) is 0 Å². The van der Waals surface area contributed by atoms with Crippen LogP contribution >= 0.6 is 23.1 Å². The van der Waals surface area contributed by atoms with Gasteiger partial charge in [-0.15, -0.1) is 11.3 Å². The number of pyridine rings is 1. The number of Topliss-reactive ketones (excluding diaryl/α,β-unsaturated/α-hetero) is 1. The Morgan fingerprint density at radius 2 is 2.22 bits per heavy atom. The minimum absolute atomic E-state index is 0.116. The van der Waals surface area contributed by atoms with Gasteiger partial charge in [0.25, 0.3) is 11.1 Å². The lowest BCUT2D eigenvalue weighted by atomic mass is 10.0. The van der Waals surface area contributed by atoms with Crippen LogP contribution in [0.3, 0.4) is 0 Å². The predicted octanol–water partition coefficient (Wildman–Crippen LogP) is 2.75. The summed E-state index contributed by atoms with van der Waals surface area (Å²) < 4.78 is 5.54. The van der Waals surface area contributed by atoms with Gasteiger partial charge in [0.1, 0.15) is 5.52 Å². The van der Waals surface area contributed by atoms with E-state index in [1.54, 1.807) is 30.6 Å². The maximum atomic E-state index is 12.5. The first-order chi connectivity index (χ1) is 12.9.